The average Bonchev–Trinajstić information content (AvgIpc) is 2.41. The van der Waals surface area contributed by atoms with Crippen LogP contribution in [0.3, 0.4) is 0 Å². The second-order valence-corrected chi connectivity index (χ2v) is 6.58. The van der Waals surface area contributed by atoms with Gasteiger partial charge in [0.15, 0.2) is 0 Å². The lowest BCUT2D eigenvalue weighted by atomic mass is 9.73. The van der Waals surface area contributed by atoms with Gasteiger partial charge < -0.3 is 14.2 Å². The molecule has 0 heterocycles. The van der Waals surface area contributed by atoms with Crippen LogP contribution in [0.5, 0.6) is 0 Å². The van der Waals surface area contributed by atoms with E-state index in [1.54, 1.807) is 7.11 Å². The lowest BCUT2D eigenvalue weighted by Gasteiger charge is -2.43. The quantitative estimate of drug-likeness (QED) is 0.567. The minimum Gasteiger partial charge on any atom is -0.385 e. The Bertz CT molecular complexity index is 242. The van der Waals surface area contributed by atoms with Crippen LogP contribution in [0.1, 0.15) is 59.3 Å². The largest absolute Gasteiger partial charge is 0.385 e. The molecule has 2 atom stereocenters. The van der Waals surface area contributed by atoms with Gasteiger partial charge in [0.1, 0.15) is 0 Å². The standard InChI is InChI=1S/C17H34O3/c1-15(2)17(9-5-8-16(3)14-17)20-13-7-12-19-11-6-10-18-4/h15-16H,5-14H2,1-4H3. The van der Waals surface area contributed by atoms with Gasteiger partial charge in [-0.1, -0.05) is 33.6 Å². The van der Waals surface area contributed by atoms with E-state index in [2.05, 4.69) is 20.8 Å². The van der Waals surface area contributed by atoms with Crippen molar-refractivity contribution in [3.05, 3.63) is 0 Å². The molecule has 1 saturated carbocycles. The van der Waals surface area contributed by atoms with Crippen molar-refractivity contribution in [2.45, 2.75) is 64.9 Å². The number of ether oxygens (including phenoxy) is 3. The first-order valence-corrected chi connectivity index (χ1v) is 8.31. The lowest BCUT2D eigenvalue weighted by Crippen LogP contribution is -2.43. The summed E-state index contributed by atoms with van der Waals surface area (Å²) in [5.74, 6) is 1.41. The van der Waals surface area contributed by atoms with Crippen LogP contribution in [-0.4, -0.2) is 39.1 Å². The van der Waals surface area contributed by atoms with Crippen molar-refractivity contribution in [3.63, 3.8) is 0 Å². The molecule has 0 bridgehead atoms. The number of hydrogen-bond donors (Lipinski definition) is 0. The van der Waals surface area contributed by atoms with Crippen LogP contribution < -0.4 is 0 Å². The molecule has 2 unspecified atom stereocenters. The molecule has 0 spiro atoms. The zero-order chi connectivity index (χ0) is 14.8. The summed E-state index contributed by atoms with van der Waals surface area (Å²) in [4.78, 5) is 0. The van der Waals surface area contributed by atoms with Gasteiger partial charge in [-0.2, -0.15) is 0 Å². The second-order valence-electron chi connectivity index (χ2n) is 6.58. The summed E-state index contributed by atoms with van der Waals surface area (Å²) in [5, 5.41) is 0. The summed E-state index contributed by atoms with van der Waals surface area (Å²) in [6, 6.07) is 0. The van der Waals surface area contributed by atoms with E-state index in [0.717, 1.165) is 45.2 Å². The van der Waals surface area contributed by atoms with Crippen LogP contribution in [-0.2, 0) is 14.2 Å². The summed E-state index contributed by atoms with van der Waals surface area (Å²) >= 11 is 0. The molecule has 0 aliphatic heterocycles. The molecular weight excluding hydrogens is 252 g/mol. The van der Waals surface area contributed by atoms with Gasteiger partial charge >= 0.3 is 0 Å². The molecule has 3 nitrogen and oxygen atoms in total. The molecule has 0 N–H and O–H groups in total. The van der Waals surface area contributed by atoms with Crippen LogP contribution in [0.2, 0.25) is 0 Å². The highest BCUT2D eigenvalue weighted by atomic mass is 16.5. The van der Waals surface area contributed by atoms with Gasteiger partial charge in [0.2, 0.25) is 0 Å². The summed E-state index contributed by atoms with van der Waals surface area (Å²) in [5.41, 5.74) is 0.119. The van der Waals surface area contributed by atoms with Gasteiger partial charge in [0.25, 0.3) is 0 Å². The van der Waals surface area contributed by atoms with Crippen molar-refractivity contribution in [2.24, 2.45) is 11.8 Å². The molecule has 0 saturated heterocycles. The molecule has 3 heteroatoms. The Kier molecular flexibility index (Phi) is 8.74. The second kappa shape index (κ2) is 9.75. The van der Waals surface area contributed by atoms with Gasteiger partial charge in [-0.15, -0.1) is 0 Å². The maximum absolute atomic E-state index is 6.33. The number of hydrogen-bond acceptors (Lipinski definition) is 3. The van der Waals surface area contributed by atoms with Gasteiger partial charge in [-0.05, 0) is 37.5 Å². The lowest BCUT2D eigenvalue weighted by molar-refractivity contribution is -0.115. The highest BCUT2D eigenvalue weighted by Crippen LogP contribution is 2.40. The molecule has 120 valence electrons. The monoisotopic (exact) mass is 286 g/mol. The Morgan fingerprint density at radius 1 is 1.10 bits per heavy atom. The van der Waals surface area contributed by atoms with E-state index in [1.165, 1.54) is 25.7 Å². The molecule has 0 amide bonds. The molecule has 0 aromatic heterocycles. The van der Waals surface area contributed by atoms with Gasteiger partial charge in [-0.3, -0.25) is 0 Å². The van der Waals surface area contributed by atoms with E-state index >= 15 is 0 Å². The Balaban J connectivity index is 2.17. The fourth-order valence-corrected chi connectivity index (χ4v) is 3.21. The van der Waals surface area contributed by atoms with Gasteiger partial charge in [0, 0.05) is 33.5 Å². The summed E-state index contributed by atoms with van der Waals surface area (Å²) in [6.45, 7) is 10.2. The third kappa shape index (κ3) is 6.11. The zero-order valence-electron chi connectivity index (χ0n) is 14.0. The van der Waals surface area contributed by atoms with Gasteiger partial charge in [0.05, 0.1) is 5.60 Å². The molecule has 1 fully saturated rings. The molecule has 1 aliphatic rings. The fourth-order valence-electron chi connectivity index (χ4n) is 3.21. The average molecular weight is 286 g/mol. The first-order valence-electron chi connectivity index (χ1n) is 8.31. The SMILES string of the molecule is COCCCOCCCOC1(C(C)C)CCCC(C)C1. The molecular formula is C17H34O3. The Morgan fingerprint density at radius 3 is 2.40 bits per heavy atom. The van der Waals surface area contributed by atoms with Crippen molar-refractivity contribution >= 4 is 0 Å². The van der Waals surface area contributed by atoms with Crippen LogP contribution >= 0.6 is 0 Å². The molecule has 1 rings (SSSR count). The summed E-state index contributed by atoms with van der Waals surface area (Å²) < 4.78 is 16.9. The predicted octanol–water partition coefficient (Wildman–Crippen LogP) is 4.05. The number of methoxy groups -OCH3 is 1. The van der Waals surface area contributed by atoms with Crippen LogP contribution in [0.25, 0.3) is 0 Å². The summed E-state index contributed by atoms with van der Waals surface area (Å²) in [6.07, 6.45) is 7.09. The van der Waals surface area contributed by atoms with Gasteiger partial charge in [-0.25, -0.2) is 0 Å². The summed E-state index contributed by atoms with van der Waals surface area (Å²) in [7, 11) is 1.73. The van der Waals surface area contributed by atoms with Crippen molar-refractivity contribution < 1.29 is 14.2 Å². The van der Waals surface area contributed by atoms with E-state index in [4.69, 9.17) is 14.2 Å². The predicted molar refractivity (Wildman–Crippen MR) is 83.1 cm³/mol. The van der Waals surface area contributed by atoms with E-state index in [0.29, 0.717) is 5.92 Å². The van der Waals surface area contributed by atoms with Crippen molar-refractivity contribution in [3.8, 4) is 0 Å². The maximum Gasteiger partial charge on any atom is 0.0707 e. The number of rotatable bonds is 10. The first-order chi connectivity index (χ1) is 9.60. The van der Waals surface area contributed by atoms with Crippen LogP contribution in [0.4, 0.5) is 0 Å². The highest BCUT2D eigenvalue weighted by molar-refractivity contribution is 4.89. The van der Waals surface area contributed by atoms with Crippen LogP contribution in [0.15, 0.2) is 0 Å². The topological polar surface area (TPSA) is 27.7 Å². The Labute approximate surface area is 125 Å². The van der Waals surface area contributed by atoms with E-state index in [1.807, 2.05) is 0 Å². The Morgan fingerprint density at radius 2 is 1.80 bits per heavy atom. The fraction of sp³-hybridized carbons (Fsp3) is 1.00. The molecule has 1 aliphatic carbocycles. The molecule has 0 aromatic rings. The smallest absolute Gasteiger partial charge is 0.0707 e. The molecule has 0 aromatic carbocycles. The zero-order valence-corrected chi connectivity index (χ0v) is 14.0. The first kappa shape index (κ1) is 17.9. The minimum atomic E-state index is 0.119. The van der Waals surface area contributed by atoms with E-state index in [-0.39, 0.29) is 5.60 Å². The third-order valence-electron chi connectivity index (χ3n) is 4.50. The maximum atomic E-state index is 6.33. The molecule has 0 radical (unpaired) electrons. The minimum absolute atomic E-state index is 0.119. The van der Waals surface area contributed by atoms with Crippen molar-refractivity contribution in [1.82, 2.24) is 0 Å². The van der Waals surface area contributed by atoms with Crippen molar-refractivity contribution in [1.29, 1.82) is 0 Å². The normalized spacial score (nSPS) is 27.1. The highest BCUT2D eigenvalue weighted by Gasteiger charge is 2.38. The van der Waals surface area contributed by atoms with E-state index < -0.39 is 0 Å². The third-order valence-corrected chi connectivity index (χ3v) is 4.50. The van der Waals surface area contributed by atoms with Crippen LogP contribution in [0, 0.1) is 11.8 Å². The molecule has 20 heavy (non-hydrogen) atoms. The van der Waals surface area contributed by atoms with E-state index in [9.17, 15) is 0 Å². The van der Waals surface area contributed by atoms with Crippen molar-refractivity contribution in [2.75, 3.05) is 33.5 Å². The Hall–Kier alpha value is -0.120.